The number of rotatable bonds is 3. The Morgan fingerprint density at radius 2 is 2.21 bits per heavy atom. The molecule has 0 aromatic carbocycles. The third-order valence-corrected chi connectivity index (χ3v) is 2.46. The molecule has 0 bridgehead atoms. The first-order chi connectivity index (χ1) is 6.49. The van der Waals surface area contributed by atoms with Crippen LogP contribution in [0.3, 0.4) is 0 Å². The molecule has 0 aliphatic heterocycles. The highest BCUT2D eigenvalue weighted by Crippen LogP contribution is 2.32. The third kappa shape index (κ3) is 2.02. The monoisotopic (exact) mass is 195 g/mol. The van der Waals surface area contributed by atoms with Crippen molar-refractivity contribution in [3.63, 3.8) is 0 Å². The number of hydrogen-bond acceptors (Lipinski definition) is 4. The fraction of sp³-hybridized carbons (Fsp3) is 0.500. The predicted molar refractivity (Wildman–Crippen MR) is 56.4 cm³/mol. The maximum atomic E-state index is 9.18. The van der Waals surface area contributed by atoms with Crippen molar-refractivity contribution in [1.29, 1.82) is 0 Å². The highest BCUT2D eigenvalue weighted by atomic mass is 16.3. The van der Waals surface area contributed by atoms with Crippen LogP contribution in [0.1, 0.15) is 25.5 Å². The number of aliphatic hydroxyl groups is 1. The van der Waals surface area contributed by atoms with Gasteiger partial charge in [-0.05, 0) is 6.07 Å². The van der Waals surface area contributed by atoms with E-state index in [1.165, 1.54) is 0 Å². The molecule has 1 heterocycles. The molecule has 0 aliphatic rings. The van der Waals surface area contributed by atoms with E-state index in [4.69, 9.17) is 11.5 Å². The summed E-state index contributed by atoms with van der Waals surface area (Å²) in [5.74, 6) is 0.432. The second kappa shape index (κ2) is 3.94. The Balaban J connectivity index is 3.00. The Morgan fingerprint density at radius 3 is 2.71 bits per heavy atom. The number of aromatic nitrogens is 1. The van der Waals surface area contributed by atoms with Crippen molar-refractivity contribution in [2.75, 3.05) is 12.3 Å². The second-order valence-electron chi connectivity index (χ2n) is 4.10. The van der Waals surface area contributed by atoms with Crippen LogP contribution in [-0.2, 0) is 0 Å². The van der Waals surface area contributed by atoms with Gasteiger partial charge in [-0.2, -0.15) is 0 Å². The number of nitrogens with two attached hydrogens (primary N) is 2. The minimum Gasteiger partial charge on any atom is -0.396 e. The van der Waals surface area contributed by atoms with Crippen molar-refractivity contribution in [2.24, 2.45) is 11.1 Å². The summed E-state index contributed by atoms with van der Waals surface area (Å²) in [6.07, 6.45) is 1.62. The standard InChI is InChI=1S/C10H17N3O/c1-10(2,6-14)8(11)7-4-3-5-13-9(7)12/h3-5,8,14H,6,11H2,1-2H3,(H2,12,13)/t8-/m0/s1. The quantitative estimate of drug-likeness (QED) is 0.662. The first-order valence-corrected chi connectivity index (χ1v) is 4.56. The van der Waals surface area contributed by atoms with Gasteiger partial charge in [0.05, 0.1) is 0 Å². The molecule has 0 radical (unpaired) electrons. The Hall–Kier alpha value is -1.13. The number of nitrogens with zero attached hydrogens (tertiary/aromatic N) is 1. The molecule has 78 valence electrons. The minimum absolute atomic E-state index is 0.0164. The van der Waals surface area contributed by atoms with E-state index in [0.29, 0.717) is 5.82 Å². The van der Waals surface area contributed by atoms with Crippen LogP contribution in [0.4, 0.5) is 5.82 Å². The van der Waals surface area contributed by atoms with E-state index in [1.54, 1.807) is 12.3 Å². The van der Waals surface area contributed by atoms with Crippen LogP contribution < -0.4 is 11.5 Å². The highest BCUT2D eigenvalue weighted by molar-refractivity contribution is 5.41. The molecule has 14 heavy (non-hydrogen) atoms. The largest absolute Gasteiger partial charge is 0.396 e. The second-order valence-corrected chi connectivity index (χ2v) is 4.10. The summed E-state index contributed by atoms with van der Waals surface area (Å²) < 4.78 is 0. The topological polar surface area (TPSA) is 85.2 Å². The van der Waals surface area contributed by atoms with Crippen molar-refractivity contribution in [2.45, 2.75) is 19.9 Å². The van der Waals surface area contributed by atoms with E-state index in [0.717, 1.165) is 5.56 Å². The minimum atomic E-state index is -0.392. The van der Waals surface area contributed by atoms with E-state index in [1.807, 2.05) is 19.9 Å². The molecule has 1 atom stereocenters. The zero-order chi connectivity index (χ0) is 10.8. The van der Waals surface area contributed by atoms with Gasteiger partial charge in [0.2, 0.25) is 0 Å². The molecule has 1 rings (SSSR count). The summed E-state index contributed by atoms with van der Waals surface area (Å²) in [7, 11) is 0. The Bertz CT molecular complexity index is 312. The van der Waals surface area contributed by atoms with Gasteiger partial charge >= 0.3 is 0 Å². The van der Waals surface area contributed by atoms with Crippen LogP contribution in [0.25, 0.3) is 0 Å². The lowest BCUT2D eigenvalue weighted by Gasteiger charge is -2.30. The van der Waals surface area contributed by atoms with Crippen LogP contribution in [0, 0.1) is 5.41 Å². The van der Waals surface area contributed by atoms with E-state index in [-0.39, 0.29) is 12.6 Å². The van der Waals surface area contributed by atoms with Gasteiger partial charge in [0, 0.05) is 29.8 Å². The Morgan fingerprint density at radius 1 is 1.57 bits per heavy atom. The summed E-state index contributed by atoms with van der Waals surface area (Å²) in [6.45, 7) is 3.80. The SMILES string of the molecule is CC(C)(CO)[C@@H](N)c1cccnc1N. The van der Waals surface area contributed by atoms with Gasteiger partial charge < -0.3 is 16.6 Å². The van der Waals surface area contributed by atoms with E-state index in [9.17, 15) is 5.11 Å². The van der Waals surface area contributed by atoms with Crippen molar-refractivity contribution in [3.8, 4) is 0 Å². The Labute approximate surface area is 83.9 Å². The van der Waals surface area contributed by atoms with Crippen molar-refractivity contribution in [1.82, 2.24) is 4.98 Å². The number of nitrogen functional groups attached to an aromatic ring is 1. The molecular weight excluding hydrogens is 178 g/mol. The van der Waals surface area contributed by atoms with Gasteiger partial charge in [0.1, 0.15) is 5.82 Å². The number of anilines is 1. The third-order valence-electron chi connectivity index (χ3n) is 2.46. The summed E-state index contributed by atoms with van der Waals surface area (Å²) in [5.41, 5.74) is 12.1. The van der Waals surface area contributed by atoms with Crippen LogP contribution in [0.15, 0.2) is 18.3 Å². The molecule has 0 amide bonds. The van der Waals surface area contributed by atoms with Gasteiger partial charge in [-0.1, -0.05) is 19.9 Å². The predicted octanol–water partition coefficient (Wildman–Crippen LogP) is 0.682. The highest BCUT2D eigenvalue weighted by Gasteiger charge is 2.28. The van der Waals surface area contributed by atoms with Crippen LogP contribution in [-0.4, -0.2) is 16.7 Å². The molecule has 1 aromatic rings. The molecule has 1 aromatic heterocycles. The van der Waals surface area contributed by atoms with Gasteiger partial charge in [-0.15, -0.1) is 0 Å². The van der Waals surface area contributed by atoms with E-state index < -0.39 is 5.41 Å². The Kier molecular flexibility index (Phi) is 3.08. The van der Waals surface area contributed by atoms with Gasteiger partial charge in [-0.25, -0.2) is 4.98 Å². The average Bonchev–Trinajstić information content (AvgIpc) is 2.17. The normalized spacial score (nSPS) is 14.0. The zero-order valence-corrected chi connectivity index (χ0v) is 8.57. The molecule has 0 saturated carbocycles. The van der Waals surface area contributed by atoms with Crippen molar-refractivity contribution >= 4 is 5.82 Å². The molecule has 4 heteroatoms. The fourth-order valence-electron chi connectivity index (χ4n) is 1.21. The molecule has 0 fully saturated rings. The van der Waals surface area contributed by atoms with E-state index in [2.05, 4.69) is 4.98 Å². The summed E-state index contributed by atoms with van der Waals surface area (Å²) in [6, 6.07) is 3.32. The van der Waals surface area contributed by atoms with Crippen LogP contribution in [0.2, 0.25) is 0 Å². The van der Waals surface area contributed by atoms with Crippen LogP contribution in [0.5, 0.6) is 0 Å². The summed E-state index contributed by atoms with van der Waals surface area (Å²) in [5, 5.41) is 9.18. The maximum Gasteiger partial charge on any atom is 0.128 e. The zero-order valence-electron chi connectivity index (χ0n) is 8.57. The molecular formula is C10H17N3O. The fourth-order valence-corrected chi connectivity index (χ4v) is 1.21. The molecule has 0 aliphatic carbocycles. The molecule has 5 N–H and O–H groups in total. The molecule has 0 saturated heterocycles. The van der Waals surface area contributed by atoms with Crippen molar-refractivity contribution < 1.29 is 5.11 Å². The number of hydrogen-bond donors (Lipinski definition) is 3. The number of aliphatic hydroxyl groups excluding tert-OH is 1. The molecule has 0 unspecified atom stereocenters. The summed E-state index contributed by atoms with van der Waals surface area (Å²) >= 11 is 0. The van der Waals surface area contributed by atoms with Crippen molar-refractivity contribution in [3.05, 3.63) is 23.9 Å². The lowest BCUT2D eigenvalue weighted by molar-refractivity contribution is 0.132. The van der Waals surface area contributed by atoms with E-state index >= 15 is 0 Å². The first-order valence-electron chi connectivity index (χ1n) is 4.56. The summed E-state index contributed by atoms with van der Waals surface area (Å²) in [4.78, 5) is 3.96. The molecule has 4 nitrogen and oxygen atoms in total. The van der Waals surface area contributed by atoms with Gasteiger partial charge in [0.25, 0.3) is 0 Å². The number of pyridine rings is 1. The average molecular weight is 195 g/mol. The first kappa shape index (κ1) is 10.9. The van der Waals surface area contributed by atoms with Gasteiger partial charge in [-0.3, -0.25) is 0 Å². The van der Waals surface area contributed by atoms with Crippen LogP contribution >= 0.6 is 0 Å². The lowest BCUT2D eigenvalue weighted by atomic mass is 9.82. The lowest BCUT2D eigenvalue weighted by Crippen LogP contribution is -2.33. The van der Waals surface area contributed by atoms with Gasteiger partial charge in [0.15, 0.2) is 0 Å². The smallest absolute Gasteiger partial charge is 0.128 e. The molecule has 0 spiro atoms. The maximum absolute atomic E-state index is 9.18.